The van der Waals surface area contributed by atoms with Gasteiger partial charge in [0.25, 0.3) is 0 Å². The Labute approximate surface area is 172 Å². The molecule has 0 radical (unpaired) electrons. The molecule has 2 amide bonds. The molecule has 1 atom stereocenters. The highest BCUT2D eigenvalue weighted by Gasteiger charge is 2.35. The van der Waals surface area contributed by atoms with Crippen LogP contribution in [0.1, 0.15) is 17.9 Å². The molecule has 29 heavy (non-hydrogen) atoms. The Morgan fingerprint density at radius 2 is 2.10 bits per heavy atom. The molecule has 0 aliphatic carbocycles. The molecule has 2 heterocycles. The van der Waals surface area contributed by atoms with Crippen LogP contribution in [0.3, 0.4) is 0 Å². The van der Waals surface area contributed by atoms with Gasteiger partial charge in [0.05, 0.1) is 5.92 Å². The molecule has 1 aromatic heterocycles. The first-order chi connectivity index (χ1) is 14.0. The maximum absolute atomic E-state index is 12.6. The summed E-state index contributed by atoms with van der Waals surface area (Å²) in [5, 5.41) is 7.39. The number of aryl methyl sites for hydroxylation is 1. The summed E-state index contributed by atoms with van der Waals surface area (Å²) in [5.74, 6) is 0.263. The van der Waals surface area contributed by atoms with Crippen molar-refractivity contribution in [2.45, 2.75) is 19.9 Å². The zero-order valence-corrected chi connectivity index (χ0v) is 16.5. The minimum Gasteiger partial charge on any atom is -0.352 e. The van der Waals surface area contributed by atoms with Gasteiger partial charge in [-0.1, -0.05) is 47.1 Å². The van der Waals surface area contributed by atoms with Crippen molar-refractivity contribution < 1.29 is 14.1 Å². The van der Waals surface area contributed by atoms with E-state index in [4.69, 9.17) is 16.1 Å². The van der Waals surface area contributed by atoms with Crippen LogP contribution in [0.2, 0.25) is 5.02 Å². The summed E-state index contributed by atoms with van der Waals surface area (Å²) >= 11 is 6.13. The molecule has 148 valence electrons. The normalized spacial score (nSPS) is 16.3. The lowest BCUT2D eigenvalue weighted by atomic mass is 10.1. The third kappa shape index (κ3) is 4.14. The number of amides is 2. The van der Waals surface area contributed by atoms with E-state index in [1.54, 1.807) is 17.9 Å². The molecule has 1 saturated heterocycles. The van der Waals surface area contributed by atoms with Crippen LogP contribution in [0.25, 0.3) is 11.4 Å². The molecule has 8 heteroatoms. The van der Waals surface area contributed by atoms with Crippen LogP contribution in [0.5, 0.6) is 0 Å². The lowest BCUT2D eigenvalue weighted by Gasteiger charge is -2.17. The first-order valence-corrected chi connectivity index (χ1v) is 9.61. The first-order valence-electron chi connectivity index (χ1n) is 9.23. The summed E-state index contributed by atoms with van der Waals surface area (Å²) in [6, 6.07) is 14.7. The quantitative estimate of drug-likeness (QED) is 0.696. The maximum Gasteiger partial charge on any atom is 0.227 e. The smallest absolute Gasteiger partial charge is 0.227 e. The number of hydrogen-bond donors (Lipinski definition) is 1. The minimum atomic E-state index is -0.416. The highest BCUT2D eigenvalue weighted by Crippen LogP contribution is 2.28. The summed E-state index contributed by atoms with van der Waals surface area (Å²) < 4.78 is 5.02. The zero-order chi connectivity index (χ0) is 20.4. The molecule has 1 unspecified atom stereocenters. The number of aromatic nitrogens is 2. The molecule has 4 rings (SSSR count). The number of nitrogens with zero attached hydrogens (tertiary/aromatic N) is 3. The Hall–Kier alpha value is -3.19. The molecule has 3 aromatic rings. The third-order valence-corrected chi connectivity index (χ3v) is 5.22. The van der Waals surface area contributed by atoms with Crippen molar-refractivity contribution in [2.75, 3.05) is 11.4 Å². The second-order valence-electron chi connectivity index (χ2n) is 6.90. The topological polar surface area (TPSA) is 88.3 Å². The van der Waals surface area contributed by atoms with E-state index >= 15 is 0 Å². The van der Waals surface area contributed by atoms with Gasteiger partial charge < -0.3 is 14.7 Å². The third-order valence-electron chi connectivity index (χ3n) is 4.85. The van der Waals surface area contributed by atoms with E-state index < -0.39 is 5.92 Å². The van der Waals surface area contributed by atoms with Gasteiger partial charge in [-0.2, -0.15) is 4.98 Å². The number of nitrogens with one attached hydrogen (secondary N) is 1. The number of carbonyl (C=O) groups excluding carboxylic acids is 2. The average Bonchev–Trinajstić information content (AvgIpc) is 3.33. The first kappa shape index (κ1) is 19.1. The van der Waals surface area contributed by atoms with Crippen molar-refractivity contribution >= 4 is 29.1 Å². The summed E-state index contributed by atoms with van der Waals surface area (Å²) in [6.45, 7) is 2.37. The Morgan fingerprint density at radius 3 is 2.86 bits per heavy atom. The molecule has 2 aromatic carbocycles. The SMILES string of the molecule is Cc1nc(-c2cccc(N3CC(C(=O)NCc4ccccc4Cl)CC3=O)c2)no1. The van der Waals surface area contributed by atoms with Crippen molar-refractivity contribution in [3.63, 3.8) is 0 Å². The fourth-order valence-electron chi connectivity index (χ4n) is 3.33. The van der Waals surface area contributed by atoms with Crippen LogP contribution in [-0.2, 0) is 16.1 Å². The van der Waals surface area contributed by atoms with Gasteiger partial charge in [0.15, 0.2) is 0 Å². The molecule has 0 bridgehead atoms. The van der Waals surface area contributed by atoms with E-state index in [9.17, 15) is 9.59 Å². The minimum absolute atomic E-state index is 0.0932. The number of hydrogen-bond acceptors (Lipinski definition) is 5. The Kier molecular flexibility index (Phi) is 5.31. The van der Waals surface area contributed by atoms with Crippen LogP contribution in [0.4, 0.5) is 5.69 Å². The number of rotatable bonds is 5. The monoisotopic (exact) mass is 410 g/mol. The fourth-order valence-corrected chi connectivity index (χ4v) is 3.53. The van der Waals surface area contributed by atoms with Crippen LogP contribution in [0.15, 0.2) is 53.1 Å². The summed E-state index contributed by atoms with van der Waals surface area (Å²) in [4.78, 5) is 31.0. The van der Waals surface area contributed by atoms with Crippen LogP contribution >= 0.6 is 11.6 Å². The van der Waals surface area contributed by atoms with Gasteiger partial charge in [-0.25, -0.2) is 0 Å². The van der Waals surface area contributed by atoms with E-state index in [-0.39, 0.29) is 18.2 Å². The zero-order valence-electron chi connectivity index (χ0n) is 15.8. The molecular formula is C21H19ClN4O3. The molecule has 0 spiro atoms. The van der Waals surface area contributed by atoms with Crippen LogP contribution in [0, 0.1) is 12.8 Å². The van der Waals surface area contributed by atoms with Gasteiger partial charge in [-0.15, -0.1) is 0 Å². The van der Waals surface area contributed by atoms with Gasteiger partial charge in [0.2, 0.25) is 23.5 Å². The van der Waals surface area contributed by atoms with Gasteiger partial charge in [0.1, 0.15) is 0 Å². The molecule has 1 aliphatic heterocycles. The highest BCUT2D eigenvalue weighted by molar-refractivity contribution is 6.31. The molecule has 7 nitrogen and oxygen atoms in total. The van der Waals surface area contributed by atoms with Gasteiger partial charge in [-0.05, 0) is 23.8 Å². The van der Waals surface area contributed by atoms with Crippen molar-refractivity contribution in [3.8, 4) is 11.4 Å². The summed E-state index contributed by atoms with van der Waals surface area (Å²) in [5.41, 5.74) is 2.29. The Balaban J connectivity index is 1.44. The van der Waals surface area contributed by atoms with E-state index in [1.165, 1.54) is 0 Å². The largest absolute Gasteiger partial charge is 0.352 e. The highest BCUT2D eigenvalue weighted by atomic mass is 35.5. The number of halogens is 1. The van der Waals surface area contributed by atoms with E-state index in [0.717, 1.165) is 11.1 Å². The predicted octanol–water partition coefficient (Wildman–Crippen LogP) is 3.37. The van der Waals surface area contributed by atoms with Crippen LogP contribution < -0.4 is 10.2 Å². The molecule has 1 aliphatic rings. The standard InChI is InChI=1S/C21H19ClN4O3/c1-13-24-20(25-29-13)14-6-4-7-17(9-14)26-12-16(10-19(26)27)21(28)23-11-15-5-2-3-8-18(15)22/h2-9,16H,10-12H2,1H3,(H,23,28). The van der Waals surface area contributed by atoms with E-state index in [1.807, 2.05) is 42.5 Å². The van der Waals surface area contributed by atoms with Crippen LogP contribution in [-0.4, -0.2) is 28.5 Å². The maximum atomic E-state index is 12.6. The van der Waals surface area contributed by atoms with Gasteiger partial charge >= 0.3 is 0 Å². The van der Waals surface area contributed by atoms with Crippen molar-refractivity contribution in [3.05, 3.63) is 65.0 Å². The molecule has 0 saturated carbocycles. The Bertz CT molecular complexity index is 1070. The fraction of sp³-hybridized carbons (Fsp3) is 0.238. The molecule has 1 N–H and O–H groups in total. The number of carbonyl (C=O) groups is 2. The number of benzene rings is 2. The predicted molar refractivity (Wildman–Crippen MR) is 108 cm³/mol. The lowest BCUT2D eigenvalue weighted by molar-refractivity contribution is -0.126. The lowest BCUT2D eigenvalue weighted by Crippen LogP contribution is -2.32. The van der Waals surface area contributed by atoms with E-state index in [2.05, 4.69) is 15.5 Å². The van der Waals surface area contributed by atoms with Gasteiger partial charge in [0, 0.05) is 42.7 Å². The van der Waals surface area contributed by atoms with Crippen molar-refractivity contribution in [1.29, 1.82) is 0 Å². The van der Waals surface area contributed by atoms with Crippen molar-refractivity contribution in [2.24, 2.45) is 5.92 Å². The Morgan fingerprint density at radius 1 is 1.28 bits per heavy atom. The van der Waals surface area contributed by atoms with Crippen molar-refractivity contribution in [1.82, 2.24) is 15.5 Å². The summed E-state index contributed by atoms with van der Waals surface area (Å²) in [7, 11) is 0. The second kappa shape index (κ2) is 8.05. The second-order valence-corrected chi connectivity index (χ2v) is 7.31. The molecular weight excluding hydrogens is 392 g/mol. The number of anilines is 1. The summed E-state index contributed by atoms with van der Waals surface area (Å²) in [6.07, 6.45) is 0.167. The average molecular weight is 411 g/mol. The van der Waals surface area contributed by atoms with E-state index in [0.29, 0.717) is 35.5 Å². The molecule has 1 fully saturated rings. The van der Waals surface area contributed by atoms with Gasteiger partial charge in [-0.3, -0.25) is 9.59 Å².